The van der Waals surface area contributed by atoms with Crippen LogP contribution in [0.25, 0.3) is 0 Å². The zero-order valence-electron chi connectivity index (χ0n) is 8.34. The Morgan fingerprint density at radius 3 is 2.19 bits per heavy atom. The maximum Gasteiger partial charge on any atom is 0.383 e. The molecule has 1 amide bonds. The van der Waals surface area contributed by atoms with Crippen LogP contribution in [0.15, 0.2) is 0 Å². The Hall–Kier alpha value is -1.34. The van der Waals surface area contributed by atoms with Gasteiger partial charge in [-0.05, 0) is 6.42 Å². The number of amides is 1. The molecule has 0 rings (SSSR count). The third-order valence-corrected chi connectivity index (χ3v) is 1.83. The molecule has 0 aromatic heterocycles. The molecule has 1 unspecified atom stereocenters. The summed E-state index contributed by atoms with van der Waals surface area (Å²) in [5.41, 5.74) is 0. The first-order valence-corrected chi connectivity index (χ1v) is 4.40. The van der Waals surface area contributed by atoms with E-state index in [0.29, 0.717) is 0 Å². The number of carbonyl (C=O) groups is 2. The summed E-state index contributed by atoms with van der Waals surface area (Å²) in [4.78, 5) is 21.0. The predicted molar refractivity (Wildman–Crippen MR) is 45.4 cm³/mol. The Morgan fingerprint density at radius 1 is 1.38 bits per heavy atom. The van der Waals surface area contributed by atoms with E-state index in [-0.39, 0.29) is 6.42 Å². The van der Waals surface area contributed by atoms with Crippen molar-refractivity contribution in [2.75, 3.05) is 0 Å². The van der Waals surface area contributed by atoms with Gasteiger partial charge in [0.1, 0.15) is 0 Å². The van der Waals surface area contributed by atoms with Crippen LogP contribution in [-0.4, -0.2) is 35.4 Å². The lowest BCUT2D eigenvalue weighted by Gasteiger charge is -2.19. The van der Waals surface area contributed by atoms with Crippen LogP contribution in [0.4, 0.5) is 17.6 Å². The zero-order chi connectivity index (χ0) is 12.9. The summed E-state index contributed by atoms with van der Waals surface area (Å²) in [5.74, 6) is -8.27. The van der Waals surface area contributed by atoms with Crippen molar-refractivity contribution >= 4 is 11.9 Å². The molecule has 0 aromatic rings. The fourth-order valence-electron chi connectivity index (χ4n) is 0.889. The van der Waals surface area contributed by atoms with E-state index in [0.717, 1.165) is 0 Å². The molecule has 0 radical (unpaired) electrons. The van der Waals surface area contributed by atoms with Gasteiger partial charge in [0.2, 0.25) is 0 Å². The average molecular weight is 245 g/mol. The molecule has 1 atom stereocenters. The lowest BCUT2D eigenvalue weighted by Crippen LogP contribution is -2.49. The molecule has 0 aliphatic carbocycles. The van der Waals surface area contributed by atoms with Crippen molar-refractivity contribution in [2.24, 2.45) is 0 Å². The average Bonchev–Trinajstić information content (AvgIpc) is 2.15. The lowest BCUT2D eigenvalue weighted by atomic mass is 10.1. The number of hydrogen-bond acceptors (Lipinski definition) is 2. The number of carboxylic acid groups (broad SMARTS) is 1. The first-order chi connectivity index (χ1) is 7.21. The standard InChI is InChI=1S/C8H11F4NO3/c1-2-4(3-5(14)15)13-7(16)8(11,12)6(9)10/h4,6H,2-3H2,1H3,(H,13,16)(H,14,15). The molecule has 16 heavy (non-hydrogen) atoms. The number of alkyl halides is 4. The minimum atomic E-state index is -4.80. The second-order valence-electron chi connectivity index (χ2n) is 3.10. The normalized spacial score (nSPS) is 13.6. The minimum absolute atomic E-state index is 0.0529. The SMILES string of the molecule is CCC(CC(=O)O)NC(=O)C(F)(F)C(F)F. The van der Waals surface area contributed by atoms with Crippen LogP contribution in [0.5, 0.6) is 0 Å². The number of nitrogens with one attached hydrogen (secondary N) is 1. The maximum atomic E-state index is 12.5. The van der Waals surface area contributed by atoms with Gasteiger partial charge in [0.25, 0.3) is 5.91 Å². The fourth-order valence-corrected chi connectivity index (χ4v) is 0.889. The molecule has 0 aliphatic heterocycles. The molecule has 0 aliphatic rings. The zero-order valence-corrected chi connectivity index (χ0v) is 8.34. The summed E-state index contributed by atoms with van der Waals surface area (Å²) in [5, 5.41) is 9.92. The van der Waals surface area contributed by atoms with Crippen molar-refractivity contribution in [1.29, 1.82) is 0 Å². The van der Waals surface area contributed by atoms with Gasteiger partial charge in [-0.3, -0.25) is 9.59 Å². The van der Waals surface area contributed by atoms with Gasteiger partial charge in [-0.1, -0.05) is 6.92 Å². The van der Waals surface area contributed by atoms with Gasteiger partial charge < -0.3 is 10.4 Å². The quantitative estimate of drug-likeness (QED) is 0.692. The second kappa shape index (κ2) is 5.66. The van der Waals surface area contributed by atoms with Crippen LogP contribution in [0.2, 0.25) is 0 Å². The molecule has 94 valence electrons. The number of hydrogen-bond donors (Lipinski definition) is 2. The van der Waals surface area contributed by atoms with Crippen molar-refractivity contribution in [3.8, 4) is 0 Å². The van der Waals surface area contributed by atoms with Gasteiger partial charge in [-0.25, -0.2) is 8.78 Å². The van der Waals surface area contributed by atoms with Crippen LogP contribution in [0.3, 0.4) is 0 Å². The van der Waals surface area contributed by atoms with Crippen molar-refractivity contribution in [3.05, 3.63) is 0 Å². The Morgan fingerprint density at radius 2 is 1.88 bits per heavy atom. The van der Waals surface area contributed by atoms with Crippen molar-refractivity contribution in [2.45, 2.75) is 38.2 Å². The summed E-state index contributed by atoms with van der Waals surface area (Å²) in [7, 11) is 0. The van der Waals surface area contributed by atoms with Gasteiger partial charge in [-0.2, -0.15) is 8.78 Å². The number of halogens is 4. The molecule has 0 spiro atoms. The first-order valence-electron chi connectivity index (χ1n) is 4.40. The highest BCUT2D eigenvalue weighted by molar-refractivity contribution is 5.84. The van der Waals surface area contributed by atoms with E-state index in [2.05, 4.69) is 0 Å². The predicted octanol–water partition coefficient (Wildman–Crippen LogP) is 1.26. The van der Waals surface area contributed by atoms with Crippen LogP contribution in [0.1, 0.15) is 19.8 Å². The molecule has 0 saturated heterocycles. The molecule has 8 heteroatoms. The fraction of sp³-hybridized carbons (Fsp3) is 0.750. The van der Waals surface area contributed by atoms with Crippen LogP contribution < -0.4 is 5.32 Å². The molecular weight excluding hydrogens is 234 g/mol. The summed E-state index contributed by atoms with van der Waals surface area (Å²) in [6.07, 6.45) is -4.66. The van der Waals surface area contributed by atoms with Crippen molar-refractivity contribution in [1.82, 2.24) is 5.32 Å². The molecule has 0 bridgehead atoms. The molecule has 0 saturated carbocycles. The Kier molecular flexibility index (Phi) is 5.19. The second-order valence-corrected chi connectivity index (χ2v) is 3.10. The van der Waals surface area contributed by atoms with Gasteiger partial charge >= 0.3 is 18.3 Å². The van der Waals surface area contributed by atoms with E-state index in [1.54, 1.807) is 5.32 Å². The number of aliphatic carboxylic acids is 1. The van der Waals surface area contributed by atoms with Crippen LogP contribution in [-0.2, 0) is 9.59 Å². The van der Waals surface area contributed by atoms with E-state index in [9.17, 15) is 27.2 Å². The molecule has 2 N–H and O–H groups in total. The van der Waals surface area contributed by atoms with E-state index in [4.69, 9.17) is 5.11 Å². The van der Waals surface area contributed by atoms with Gasteiger partial charge in [-0.15, -0.1) is 0 Å². The van der Waals surface area contributed by atoms with E-state index < -0.39 is 36.7 Å². The highest BCUT2D eigenvalue weighted by atomic mass is 19.3. The van der Waals surface area contributed by atoms with Gasteiger partial charge in [0.15, 0.2) is 0 Å². The minimum Gasteiger partial charge on any atom is -0.481 e. The van der Waals surface area contributed by atoms with Crippen molar-refractivity contribution < 1.29 is 32.3 Å². The molecule has 0 heterocycles. The maximum absolute atomic E-state index is 12.5. The molecule has 0 fully saturated rings. The monoisotopic (exact) mass is 245 g/mol. The summed E-state index contributed by atoms with van der Waals surface area (Å²) in [6.45, 7) is 1.44. The largest absolute Gasteiger partial charge is 0.481 e. The lowest BCUT2D eigenvalue weighted by molar-refractivity contribution is -0.170. The third kappa shape index (κ3) is 4.03. The van der Waals surface area contributed by atoms with Crippen molar-refractivity contribution in [3.63, 3.8) is 0 Å². The Bertz CT molecular complexity index is 270. The van der Waals surface area contributed by atoms with E-state index in [1.165, 1.54) is 6.92 Å². The van der Waals surface area contributed by atoms with E-state index in [1.807, 2.05) is 0 Å². The Labute approximate surface area is 88.6 Å². The molecule has 4 nitrogen and oxygen atoms in total. The number of rotatable bonds is 6. The first kappa shape index (κ1) is 14.7. The summed E-state index contributed by atoms with van der Waals surface area (Å²) >= 11 is 0. The van der Waals surface area contributed by atoms with Crippen LogP contribution in [0, 0.1) is 0 Å². The Balaban J connectivity index is 4.47. The van der Waals surface area contributed by atoms with E-state index >= 15 is 0 Å². The van der Waals surface area contributed by atoms with Crippen LogP contribution >= 0.6 is 0 Å². The topological polar surface area (TPSA) is 66.4 Å². The molecule has 0 aromatic carbocycles. The summed E-state index contributed by atoms with van der Waals surface area (Å²) < 4.78 is 48.4. The smallest absolute Gasteiger partial charge is 0.383 e. The highest BCUT2D eigenvalue weighted by Gasteiger charge is 2.49. The highest BCUT2D eigenvalue weighted by Crippen LogP contribution is 2.23. The summed E-state index contributed by atoms with van der Waals surface area (Å²) in [6, 6.07) is -1.09. The molecular formula is C8H11F4NO3. The van der Waals surface area contributed by atoms with Gasteiger partial charge in [0, 0.05) is 6.04 Å². The third-order valence-electron chi connectivity index (χ3n) is 1.83. The number of carboxylic acids is 1. The van der Waals surface area contributed by atoms with Gasteiger partial charge in [0.05, 0.1) is 6.42 Å². The number of carbonyl (C=O) groups excluding carboxylic acids is 1.